The van der Waals surface area contributed by atoms with Gasteiger partial charge in [0.25, 0.3) is 0 Å². The van der Waals surface area contributed by atoms with E-state index in [0.717, 1.165) is 11.4 Å². The van der Waals surface area contributed by atoms with Gasteiger partial charge in [0, 0.05) is 9.26 Å². The number of nitrogens with zero attached hydrogens (tertiary/aromatic N) is 2. The van der Waals surface area contributed by atoms with Crippen molar-refractivity contribution in [2.45, 2.75) is 6.92 Å². The van der Waals surface area contributed by atoms with E-state index in [1.54, 1.807) is 0 Å². The molecule has 0 aliphatic carbocycles. The summed E-state index contributed by atoms with van der Waals surface area (Å²) >= 11 is 8.09. The lowest BCUT2D eigenvalue weighted by Gasteiger charge is -2.03. The van der Waals surface area contributed by atoms with Crippen LogP contribution in [0, 0.1) is 10.5 Å². The fourth-order valence-electron chi connectivity index (χ4n) is 1.28. The molecule has 2 nitrogen and oxygen atoms in total. The number of rotatable bonds is 1. The van der Waals surface area contributed by atoms with E-state index in [-0.39, 0.29) is 0 Å². The summed E-state index contributed by atoms with van der Waals surface area (Å²) in [7, 11) is 0. The maximum absolute atomic E-state index is 5.81. The molecule has 0 saturated heterocycles. The fourth-order valence-corrected chi connectivity index (χ4v) is 1.87. The summed E-state index contributed by atoms with van der Waals surface area (Å²) in [4.78, 5) is 0. The highest BCUT2D eigenvalue weighted by Gasteiger charge is 2.03. The Morgan fingerprint density at radius 2 is 1.93 bits per heavy atom. The second kappa shape index (κ2) is 3.90. The summed E-state index contributed by atoms with van der Waals surface area (Å²) in [6.07, 6.45) is 0. The molecule has 0 N–H and O–H groups in total. The molecule has 2 rings (SSSR count). The molecule has 14 heavy (non-hydrogen) atoms. The SMILES string of the molecule is Cc1cc(Cl)nn1-c1ccc(I)cc1. The van der Waals surface area contributed by atoms with Gasteiger partial charge in [-0.05, 0) is 59.8 Å². The Balaban J connectivity index is 2.49. The molecule has 0 aliphatic rings. The van der Waals surface area contributed by atoms with Crippen molar-refractivity contribution in [3.63, 3.8) is 0 Å². The van der Waals surface area contributed by atoms with Crippen molar-refractivity contribution in [2.24, 2.45) is 0 Å². The smallest absolute Gasteiger partial charge is 0.151 e. The van der Waals surface area contributed by atoms with Crippen LogP contribution in [0.3, 0.4) is 0 Å². The van der Waals surface area contributed by atoms with Crippen LogP contribution in [0.15, 0.2) is 30.3 Å². The van der Waals surface area contributed by atoms with E-state index in [1.807, 2.05) is 41.9 Å². The molecule has 0 fully saturated rings. The zero-order valence-electron chi connectivity index (χ0n) is 7.54. The Hall–Kier alpha value is -0.550. The predicted octanol–water partition coefficient (Wildman–Crippen LogP) is 3.44. The van der Waals surface area contributed by atoms with Gasteiger partial charge in [0.2, 0.25) is 0 Å². The Kier molecular flexibility index (Phi) is 2.78. The molecule has 1 aromatic heterocycles. The molecule has 0 spiro atoms. The van der Waals surface area contributed by atoms with Crippen LogP contribution in [0.1, 0.15) is 5.69 Å². The summed E-state index contributed by atoms with van der Waals surface area (Å²) < 4.78 is 3.04. The third-order valence-electron chi connectivity index (χ3n) is 1.93. The van der Waals surface area contributed by atoms with Gasteiger partial charge in [-0.15, -0.1) is 0 Å². The second-order valence-corrected chi connectivity index (χ2v) is 4.63. The van der Waals surface area contributed by atoms with Crippen molar-refractivity contribution in [3.8, 4) is 5.69 Å². The third kappa shape index (κ3) is 1.93. The maximum atomic E-state index is 5.81. The molecule has 1 heterocycles. The van der Waals surface area contributed by atoms with Gasteiger partial charge in [-0.1, -0.05) is 11.6 Å². The summed E-state index contributed by atoms with van der Waals surface area (Å²) in [5.74, 6) is 0. The average Bonchev–Trinajstić information content (AvgIpc) is 2.47. The van der Waals surface area contributed by atoms with Gasteiger partial charge < -0.3 is 0 Å². The molecule has 72 valence electrons. The summed E-state index contributed by atoms with van der Waals surface area (Å²) in [6, 6.07) is 9.99. The maximum Gasteiger partial charge on any atom is 0.151 e. The average molecular weight is 319 g/mol. The lowest BCUT2D eigenvalue weighted by molar-refractivity contribution is 0.847. The molecule has 4 heteroatoms. The first-order chi connectivity index (χ1) is 6.66. The topological polar surface area (TPSA) is 17.8 Å². The largest absolute Gasteiger partial charge is 0.237 e. The zero-order chi connectivity index (χ0) is 10.1. The minimum atomic E-state index is 0.529. The van der Waals surface area contributed by atoms with Crippen molar-refractivity contribution in [1.29, 1.82) is 0 Å². The van der Waals surface area contributed by atoms with E-state index < -0.39 is 0 Å². The van der Waals surface area contributed by atoms with E-state index in [1.165, 1.54) is 3.57 Å². The molecule has 0 unspecified atom stereocenters. The van der Waals surface area contributed by atoms with Crippen molar-refractivity contribution in [3.05, 3.63) is 44.7 Å². The first kappa shape index (κ1) is 9.98. The lowest BCUT2D eigenvalue weighted by atomic mass is 10.3. The van der Waals surface area contributed by atoms with E-state index in [2.05, 4.69) is 27.7 Å². The number of benzene rings is 1. The standard InChI is InChI=1S/C10H8ClIN2/c1-7-6-10(11)13-14(7)9-4-2-8(12)3-5-9/h2-6H,1H3. The molecule has 0 radical (unpaired) electrons. The van der Waals surface area contributed by atoms with Crippen LogP contribution >= 0.6 is 34.2 Å². The first-order valence-electron chi connectivity index (χ1n) is 4.15. The number of aromatic nitrogens is 2. The molecule has 1 aromatic carbocycles. The third-order valence-corrected chi connectivity index (χ3v) is 2.83. The van der Waals surface area contributed by atoms with Gasteiger partial charge in [0.15, 0.2) is 5.15 Å². The van der Waals surface area contributed by atoms with E-state index in [0.29, 0.717) is 5.15 Å². The molecule has 0 amide bonds. The van der Waals surface area contributed by atoms with Crippen LogP contribution in [0.5, 0.6) is 0 Å². The highest BCUT2D eigenvalue weighted by molar-refractivity contribution is 14.1. The van der Waals surface area contributed by atoms with Gasteiger partial charge in [0.1, 0.15) is 0 Å². The number of halogens is 2. The zero-order valence-corrected chi connectivity index (χ0v) is 10.5. The van der Waals surface area contributed by atoms with Crippen molar-refractivity contribution in [2.75, 3.05) is 0 Å². The summed E-state index contributed by atoms with van der Waals surface area (Å²) in [5.41, 5.74) is 2.08. The fraction of sp³-hybridized carbons (Fsp3) is 0.100. The normalized spacial score (nSPS) is 10.5. The Bertz CT molecular complexity index is 448. The van der Waals surface area contributed by atoms with Crippen molar-refractivity contribution in [1.82, 2.24) is 9.78 Å². The number of aryl methyl sites for hydroxylation is 1. The highest BCUT2D eigenvalue weighted by Crippen LogP contribution is 2.16. The summed E-state index contributed by atoms with van der Waals surface area (Å²) in [5, 5.41) is 4.72. The minimum absolute atomic E-state index is 0.529. The predicted molar refractivity (Wildman–Crippen MR) is 66.0 cm³/mol. The number of hydrogen-bond donors (Lipinski definition) is 0. The van der Waals surface area contributed by atoms with Crippen LogP contribution in [0.25, 0.3) is 5.69 Å². The molecular weight excluding hydrogens is 310 g/mol. The molecule has 0 bridgehead atoms. The quantitative estimate of drug-likeness (QED) is 0.737. The van der Waals surface area contributed by atoms with Gasteiger partial charge >= 0.3 is 0 Å². The van der Waals surface area contributed by atoms with E-state index in [4.69, 9.17) is 11.6 Å². The monoisotopic (exact) mass is 318 g/mol. The Morgan fingerprint density at radius 1 is 1.29 bits per heavy atom. The highest BCUT2D eigenvalue weighted by atomic mass is 127. The van der Waals surface area contributed by atoms with Crippen LogP contribution in [0.4, 0.5) is 0 Å². The molecule has 0 aliphatic heterocycles. The molecule has 0 saturated carbocycles. The van der Waals surface area contributed by atoms with E-state index in [9.17, 15) is 0 Å². The van der Waals surface area contributed by atoms with Crippen LogP contribution in [0.2, 0.25) is 5.15 Å². The van der Waals surface area contributed by atoms with Gasteiger partial charge in [-0.3, -0.25) is 0 Å². The molecule has 2 aromatic rings. The summed E-state index contributed by atoms with van der Waals surface area (Å²) in [6.45, 7) is 1.98. The Morgan fingerprint density at radius 3 is 2.43 bits per heavy atom. The van der Waals surface area contributed by atoms with Crippen LogP contribution < -0.4 is 0 Å². The first-order valence-corrected chi connectivity index (χ1v) is 5.60. The minimum Gasteiger partial charge on any atom is -0.237 e. The number of hydrogen-bond acceptors (Lipinski definition) is 1. The molecule has 0 atom stereocenters. The van der Waals surface area contributed by atoms with Crippen LogP contribution in [-0.4, -0.2) is 9.78 Å². The van der Waals surface area contributed by atoms with Gasteiger partial charge in [-0.25, -0.2) is 4.68 Å². The van der Waals surface area contributed by atoms with E-state index >= 15 is 0 Å². The lowest BCUT2D eigenvalue weighted by Crippen LogP contribution is -1.98. The van der Waals surface area contributed by atoms with Crippen molar-refractivity contribution >= 4 is 34.2 Å². The van der Waals surface area contributed by atoms with Gasteiger partial charge in [-0.2, -0.15) is 5.10 Å². The second-order valence-electron chi connectivity index (χ2n) is 3.00. The Labute approximate surface area is 101 Å². The molecular formula is C10H8ClIN2. The van der Waals surface area contributed by atoms with Crippen molar-refractivity contribution < 1.29 is 0 Å². The van der Waals surface area contributed by atoms with Crippen LogP contribution in [-0.2, 0) is 0 Å². The van der Waals surface area contributed by atoms with Gasteiger partial charge in [0.05, 0.1) is 5.69 Å².